The Kier molecular flexibility index (Phi) is 6.35. The van der Waals surface area contributed by atoms with Gasteiger partial charge in [0, 0.05) is 18.1 Å². The van der Waals surface area contributed by atoms with E-state index < -0.39 is 9.84 Å². The fourth-order valence-corrected chi connectivity index (χ4v) is 4.21. The van der Waals surface area contributed by atoms with Crippen molar-refractivity contribution in [3.05, 3.63) is 29.8 Å². The number of benzene rings is 1. The van der Waals surface area contributed by atoms with E-state index in [2.05, 4.69) is 4.90 Å². The maximum absolute atomic E-state index is 12.0. The second kappa shape index (κ2) is 7.53. The van der Waals surface area contributed by atoms with Gasteiger partial charge >= 0.3 is 0 Å². The summed E-state index contributed by atoms with van der Waals surface area (Å²) in [7, 11) is 0.758. The van der Waals surface area contributed by atoms with E-state index in [1.54, 1.807) is 11.8 Å². The first kappa shape index (κ1) is 16.0. The Morgan fingerprint density at radius 2 is 1.84 bits per heavy atom. The van der Waals surface area contributed by atoms with Crippen molar-refractivity contribution in [2.75, 3.05) is 37.9 Å². The van der Waals surface area contributed by atoms with E-state index in [9.17, 15) is 8.42 Å². The molecule has 0 saturated carbocycles. The lowest BCUT2D eigenvalue weighted by atomic mass is 10.2. The average Bonchev–Trinajstić information content (AvgIpc) is 2.38. The molecule has 0 aliphatic carbocycles. The molecule has 1 rings (SSSR count). The summed E-state index contributed by atoms with van der Waals surface area (Å²) >= 11 is 1.64. The first-order valence-corrected chi connectivity index (χ1v) is 8.72. The molecular weight excluding hydrogens is 280 g/mol. The van der Waals surface area contributed by atoms with Gasteiger partial charge < -0.3 is 4.90 Å². The Hall–Kier alpha value is -1.03. The van der Waals surface area contributed by atoms with Crippen LogP contribution in [-0.4, -0.2) is 51.2 Å². The van der Waals surface area contributed by atoms with Crippen molar-refractivity contribution in [3.8, 4) is 6.07 Å². The van der Waals surface area contributed by atoms with Crippen LogP contribution in [0.25, 0.3) is 0 Å². The zero-order valence-electron chi connectivity index (χ0n) is 11.2. The predicted molar refractivity (Wildman–Crippen MR) is 79.1 cm³/mol. The maximum Gasteiger partial charge on any atom is 0.179 e. The Labute approximate surface area is 119 Å². The standard InChI is InChI=1S/C13H18N2O2S2/c1-15(2)7-8-18-9-10-19(16,17)13-5-3-12(11-14)4-6-13/h3-6H,7-10H2,1-2H3. The van der Waals surface area contributed by atoms with E-state index in [1.807, 2.05) is 20.2 Å². The third kappa shape index (κ3) is 5.64. The van der Waals surface area contributed by atoms with Gasteiger partial charge in [-0.15, -0.1) is 0 Å². The van der Waals surface area contributed by atoms with Crippen molar-refractivity contribution in [2.24, 2.45) is 0 Å². The molecule has 0 heterocycles. The van der Waals surface area contributed by atoms with E-state index in [0.29, 0.717) is 16.2 Å². The quantitative estimate of drug-likeness (QED) is 0.716. The second-order valence-electron chi connectivity index (χ2n) is 4.37. The summed E-state index contributed by atoms with van der Waals surface area (Å²) < 4.78 is 24.0. The number of hydrogen-bond acceptors (Lipinski definition) is 5. The minimum absolute atomic E-state index is 0.136. The Morgan fingerprint density at radius 1 is 1.21 bits per heavy atom. The van der Waals surface area contributed by atoms with Crippen LogP contribution in [0.3, 0.4) is 0 Å². The van der Waals surface area contributed by atoms with Gasteiger partial charge in [-0.05, 0) is 38.4 Å². The smallest absolute Gasteiger partial charge is 0.179 e. The molecule has 0 unspecified atom stereocenters. The highest BCUT2D eigenvalue weighted by molar-refractivity contribution is 8.00. The number of sulfone groups is 1. The molecule has 0 fully saturated rings. The summed E-state index contributed by atoms with van der Waals surface area (Å²) in [6, 6.07) is 8.04. The fraction of sp³-hybridized carbons (Fsp3) is 0.462. The predicted octanol–water partition coefficient (Wildman–Crippen LogP) is 1.63. The first-order chi connectivity index (χ1) is 8.95. The van der Waals surface area contributed by atoms with E-state index in [0.717, 1.165) is 12.3 Å². The van der Waals surface area contributed by atoms with Crippen molar-refractivity contribution in [1.82, 2.24) is 4.90 Å². The van der Waals surface area contributed by atoms with E-state index in [1.165, 1.54) is 24.3 Å². The van der Waals surface area contributed by atoms with Crippen molar-refractivity contribution in [1.29, 1.82) is 5.26 Å². The lowest BCUT2D eigenvalue weighted by Crippen LogP contribution is -2.16. The molecule has 0 spiro atoms. The molecule has 0 aliphatic rings. The molecule has 4 nitrogen and oxygen atoms in total. The molecule has 0 aromatic heterocycles. The van der Waals surface area contributed by atoms with Crippen LogP contribution in [0.15, 0.2) is 29.2 Å². The number of thioether (sulfide) groups is 1. The first-order valence-electron chi connectivity index (χ1n) is 5.91. The fourth-order valence-electron chi connectivity index (χ4n) is 1.37. The van der Waals surface area contributed by atoms with Crippen LogP contribution >= 0.6 is 11.8 Å². The number of nitriles is 1. The number of nitrogens with zero attached hydrogens (tertiary/aromatic N) is 2. The molecule has 0 amide bonds. The van der Waals surface area contributed by atoms with Crippen LogP contribution < -0.4 is 0 Å². The van der Waals surface area contributed by atoms with Gasteiger partial charge in [0.2, 0.25) is 0 Å². The molecule has 0 aliphatic heterocycles. The van der Waals surface area contributed by atoms with Crippen molar-refractivity contribution < 1.29 is 8.42 Å². The molecule has 0 bridgehead atoms. The summed E-state index contributed by atoms with van der Waals surface area (Å²) in [4.78, 5) is 2.36. The van der Waals surface area contributed by atoms with Crippen molar-refractivity contribution in [3.63, 3.8) is 0 Å². The SMILES string of the molecule is CN(C)CCSCCS(=O)(=O)c1ccc(C#N)cc1. The Morgan fingerprint density at radius 3 is 2.37 bits per heavy atom. The molecule has 0 saturated heterocycles. The summed E-state index contributed by atoms with van der Waals surface area (Å²) in [5.74, 6) is 1.66. The second-order valence-corrected chi connectivity index (χ2v) is 7.70. The lowest BCUT2D eigenvalue weighted by molar-refractivity contribution is 0.437. The van der Waals surface area contributed by atoms with Gasteiger partial charge in [-0.2, -0.15) is 17.0 Å². The summed E-state index contributed by atoms with van der Waals surface area (Å²) in [5, 5.41) is 8.67. The molecule has 6 heteroatoms. The molecule has 104 valence electrons. The normalized spacial score (nSPS) is 11.5. The van der Waals surface area contributed by atoms with Crippen LogP contribution in [0.5, 0.6) is 0 Å². The van der Waals surface area contributed by atoms with E-state index in [4.69, 9.17) is 5.26 Å². The van der Waals surface area contributed by atoms with Gasteiger partial charge in [0.25, 0.3) is 0 Å². The molecule has 0 radical (unpaired) electrons. The molecule has 0 atom stereocenters. The van der Waals surface area contributed by atoms with Gasteiger partial charge in [0.15, 0.2) is 9.84 Å². The van der Waals surface area contributed by atoms with Crippen LogP contribution in [0.2, 0.25) is 0 Å². The van der Waals surface area contributed by atoms with Gasteiger partial charge in [0.05, 0.1) is 22.3 Å². The highest BCUT2D eigenvalue weighted by Gasteiger charge is 2.13. The monoisotopic (exact) mass is 298 g/mol. The summed E-state index contributed by atoms with van der Waals surface area (Å²) in [6.45, 7) is 0.946. The zero-order chi connectivity index (χ0) is 14.3. The van der Waals surface area contributed by atoms with Crippen molar-refractivity contribution >= 4 is 21.6 Å². The molecule has 0 N–H and O–H groups in total. The summed E-state index contributed by atoms with van der Waals surface area (Å²) in [5.41, 5.74) is 0.472. The Bertz CT molecular complexity index is 531. The van der Waals surface area contributed by atoms with Gasteiger partial charge in [-0.25, -0.2) is 8.42 Å². The zero-order valence-corrected chi connectivity index (χ0v) is 12.8. The van der Waals surface area contributed by atoms with Crippen molar-refractivity contribution in [2.45, 2.75) is 4.90 Å². The summed E-state index contributed by atoms with van der Waals surface area (Å²) in [6.07, 6.45) is 0. The van der Waals surface area contributed by atoms with Crippen LogP contribution in [-0.2, 0) is 9.84 Å². The lowest BCUT2D eigenvalue weighted by Gasteiger charge is -2.08. The number of hydrogen-bond donors (Lipinski definition) is 0. The number of rotatable bonds is 7. The third-order valence-electron chi connectivity index (χ3n) is 2.52. The maximum atomic E-state index is 12.0. The van der Waals surface area contributed by atoms with Crippen LogP contribution in [0.4, 0.5) is 0 Å². The average molecular weight is 298 g/mol. The Balaban J connectivity index is 2.49. The van der Waals surface area contributed by atoms with Gasteiger partial charge in [-0.3, -0.25) is 0 Å². The molecule has 1 aromatic rings. The van der Waals surface area contributed by atoms with Gasteiger partial charge in [-0.1, -0.05) is 0 Å². The topological polar surface area (TPSA) is 61.2 Å². The molecule has 1 aromatic carbocycles. The van der Waals surface area contributed by atoms with Gasteiger partial charge in [0.1, 0.15) is 0 Å². The molecular formula is C13H18N2O2S2. The highest BCUT2D eigenvalue weighted by Crippen LogP contribution is 2.14. The van der Waals surface area contributed by atoms with E-state index >= 15 is 0 Å². The minimum atomic E-state index is -3.23. The minimum Gasteiger partial charge on any atom is -0.309 e. The van der Waals surface area contributed by atoms with Crippen LogP contribution in [0.1, 0.15) is 5.56 Å². The third-order valence-corrected chi connectivity index (χ3v) is 5.48. The molecule has 19 heavy (non-hydrogen) atoms. The highest BCUT2D eigenvalue weighted by atomic mass is 32.2. The largest absolute Gasteiger partial charge is 0.309 e. The van der Waals surface area contributed by atoms with E-state index in [-0.39, 0.29) is 5.75 Å². The van der Waals surface area contributed by atoms with Crippen LogP contribution in [0, 0.1) is 11.3 Å².